The molecule has 2 aromatic carbocycles. The molecule has 0 amide bonds. The summed E-state index contributed by atoms with van der Waals surface area (Å²) in [5, 5.41) is 3.15. The van der Waals surface area contributed by atoms with Crippen LogP contribution in [0, 0.1) is 11.6 Å². The first-order valence-electron chi connectivity index (χ1n) is 5.77. The standard InChI is InChI=1S/C14H13BrF2N2/c15-12-6-1-9(7-13(12)17)14(8-18)19-11-4-2-10(16)3-5-11/h1-7,14,19H,8,18H2. The van der Waals surface area contributed by atoms with Crippen molar-refractivity contribution in [1.29, 1.82) is 0 Å². The normalized spacial score (nSPS) is 12.2. The van der Waals surface area contributed by atoms with Gasteiger partial charge in [0.05, 0.1) is 10.5 Å². The van der Waals surface area contributed by atoms with Gasteiger partial charge in [0, 0.05) is 12.2 Å². The summed E-state index contributed by atoms with van der Waals surface area (Å²) in [6.07, 6.45) is 0. The van der Waals surface area contributed by atoms with Gasteiger partial charge in [0.1, 0.15) is 11.6 Å². The highest BCUT2D eigenvalue weighted by atomic mass is 79.9. The lowest BCUT2D eigenvalue weighted by molar-refractivity contribution is 0.615. The third-order valence-electron chi connectivity index (χ3n) is 2.77. The smallest absolute Gasteiger partial charge is 0.137 e. The van der Waals surface area contributed by atoms with E-state index in [9.17, 15) is 8.78 Å². The largest absolute Gasteiger partial charge is 0.377 e. The molecular weight excluding hydrogens is 314 g/mol. The van der Waals surface area contributed by atoms with Crippen LogP contribution in [0.2, 0.25) is 0 Å². The van der Waals surface area contributed by atoms with Crippen LogP contribution in [0.1, 0.15) is 11.6 Å². The van der Waals surface area contributed by atoms with Gasteiger partial charge in [0.2, 0.25) is 0 Å². The van der Waals surface area contributed by atoms with Gasteiger partial charge >= 0.3 is 0 Å². The number of hydrogen-bond acceptors (Lipinski definition) is 2. The first kappa shape index (κ1) is 14.0. The number of halogens is 3. The molecular formula is C14H13BrF2N2. The van der Waals surface area contributed by atoms with Gasteiger partial charge in [-0.1, -0.05) is 6.07 Å². The second-order valence-corrected chi connectivity index (χ2v) is 4.97. The Morgan fingerprint density at radius 1 is 1.11 bits per heavy atom. The van der Waals surface area contributed by atoms with E-state index in [0.717, 1.165) is 11.3 Å². The second-order valence-electron chi connectivity index (χ2n) is 4.11. The van der Waals surface area contributed by atoms with Gasteiger partial charge in [0.15, 0.2) is 0 Å². The molecule has 0 aliphatic rings. The number of hydrogen-bond donors (Lipinski definition) is 2. The van der Waals surface area contributed by atoms with Crippen LogP contribution in [-0.4, -0.2) is 6.54 Å². The van der Waals surface area contributed by atoms with Crippen molar-refractivity contribution in [2.75, 3.05) is 11.9 Å². The highest BCUT2D eigenvalue weighted by molar-refractivity contribution is 9.10. The first-order chi connectivity index (χ1) is 9.10. The fraction of sp³-hybridized carbons (Fsp3) is 0.143. The number of benzene rings is 2. The fourth-order valence-corrected chi connectivity index (χ4v) is 2.00. The third-order valence-corrected chi connectivity index (χ3v) is 3.41. The minimum Gasteiger partial charge on any atom is -0.377 e. The Balaban J connectivity index is 2.19. The predicted octanol–water partition coefficient (Wildman–Crippen LogP) is 3.84. The van der Waals surface area contributed by atoms with Crippen molar-refractivity contribution in [3.63, 3.8) is 0 Å². The van der Waals surface area contributed by atoms with Gasteiger partial charge in [-0.15, -0.1) is 0 Å². The molecule has 0 fully saturated rings. The number of anilines is 1. The van der Waals surface area contributed by atoms with Crippen LogP contribution in [0.4, 0.5) is 14.5 Å². The van der Waals surface area contributed by atoms with Gasteiger partial charge in [-0.05, 0) is 57.9 Å². The van der Waals surface area contributed by atoms with E-state index in [4.69, 9.17) is 5.73 Å². The lowest BCUT2D eigenvalue weighted by atomic mass is 10.1. The van der Waals surface area contributed by atoms with Crippen LogP contribution in [0.15, 0.2) is 46.9 Å². The zero-order valence-electron chi connectivity index (χ0n) is 10.0. The summed E-state index contributed by atoms with van der Waals surface area (Å²) in [4.78, 5) is 0. The maximum Gasteiger partial charge on any atom is 0.137 e. The molecule has 0 spiro atoms. The molecule has 0 heterocycles. The minimum atomic E-state index is -0.336. The van der Waals surface area contributed by atoms with Crippen molar-refractivity contribution in [3.05, 3.63) is 64.1 Å². The molecule has 2 nitrogen and oxygen atoms in total. The second kappa shape index (κ2) is 6.12. The molecule has 5 heteroatoms. The van der Waals surface area contributed by atoms with Crippen LogP contribution < -0.4 is 11.1 Å². The average Bonchev–Trinajstić information content (AvgIpc) is 2.41. The molecule has 0 aromatic heterocycles. The van der Waals surface area contributed by atoms with Gasteiger partial charge < -0.3 is 11.1 Å². The number of rotatable bonds is 4. The fourth-order valence-electron chi connectivity index (χ4n) is 1.75. The summed E-state index contributed by atoms with van der Waals surface area (Å²) < 4.78 is 26.7. The Morgan fingerprint density at radius 2 is 1.79 bits per heavy atom. The van der Waals surface area contributed by atoms with Crippen LogP contribution in [-0.2, 0) is 0 Å². The zero-order chi connectivity index (χ0) is 13.8. The maximum atomic E-state index is 13.5. The van der Waals surface area contributed by atoms with Crippen LogP contribution in [0.5, 0.6) is 0 Å². The van der Waals surface area contributed by atoms with E-state index in [2.05, 4.69) is 21.2 Å². The lowest BCUT2D eigenvalue weighted by Gasteiger charge is -2.19. The molecule has 19 heavy (non-hydrogen) atoms. The Kier molecular flexibility index (Phi) is 4.50. The molecule has 0 radical (unpaired) electrons. The number of nitrogens with two attached hydrogens (primary N) is 1. The molecule has 100 valence electrons. The zero-order valence-corrected chi connectivity index (χ0v) is 11.6. The van der Waals surface area contributed by atoms with E-state index >= 15 is 0 Å². The molecule has 3 N–H and O–H groups in total. The average molecular weight is 327 g/mol. The summed E-state index contributed by atoms with van der Waals surface area (Å²) >= 11 is 3.11. The van der Waals surface area contributed by atoms with Crippen molar-refractivity contribution in [2.45, 2.75) is 6.04 Å². The monoisotopic (exact) mass is 326 g/mol. The molecule has 0 saturated heterocycles. The molecule has 0 bridgehead atoms. The lowest BCUT2D eigenvalue weighted by Crippen LogP contribution is -2.20. The minimum absolute atomic E-state index is 0.229. The Labute approximate surface area is 118 Å². The van der Waals surface area contributed by atoms with Crippen molar-refractivity contribution >= 4 is 21.6 Å². The SMILES string of the molecule is NCC(Nc1ccc(F)cc1)c1ccc(Br)c(F)c1. The van der Waals surface area contributed by atoms with E-state index < -0.39 is 0 Å². The van der Waals surface area contributed by atoms with Crippen molar-refractivity contribution in [3.8, 4) is 0 Å². The van der Waals surface area contributed by atoms with Crippen molar-refractivity contribution in [1.82, 2.24) is 0 Å². The summed E-state index contributed by atoms with van der Waals surface area (Å²) in [5.41, 5.74) is 7.18. The molecule has 0 aliphatic carbocycles. The van der Waals surface area contributed by atoms with Crippen molar-refractivity contribution < 1.29 is 8.78 Å². The van der Waals surface area contributed by atoms with E-state index in [1.807, 2.05) is 0 Å². The molecule has 2 rings (SSSR count). The number of nitrogens with one attached hydrogen (secondary N) is 1. The summed E-state index contributed by atoms with van der Waals surface area (Å²) in [6.45, 7) is 0.304. The van der Waals surface area contributed by atoms with Crippen LogP contribution >= 0.6 is 15.9 Å². The summed E-state index contributed by atoms with van der Waals surface area (Å²) in [7, 11) is 0. The van der Waals surface area contributed by atoms with Crippen molar-refractivity contribution in [2.24, 2.45) is 5.73 Å². The maximum absolute atomic E-state index is 13.5. The third kappa shape index (κ3) is 3.52. The highest BCUT2D eigenvalue weighted by Crippen LogP contribution is 2.23. The van der Waals surface area contributed by atoms with Gasteiger partial charge in [-0.25, -0.2) is 8.78 Å². The van der Waals surface area contributed by atoms with Crippen LogP contribution in [0.3, 0.4) is 0 Å². The van der Waals surface area contributed by atoms with E-state index in [1.54, 1.807) is 24.3 Å². The Bertz CT molecular complexity index is 558. The predicted molar refractivity (Wildman–Crippen MR) is 75.9 cm³/mol. The van der Waals surface area contributed by atoms with Gasteiger partial charge in [0.25, 0.3) is 0 Å². The quantitative estimate of drug-likeness (QED) is 0.895. The molecule has 0 saturated carbocycles. The first-order valence-corrected chi connectivity index (χ1v) is 6.56. The summed E-state index contributed by atoms with van der Waals surface area (Å²) in [5.74, 6) is -0.638. The van der Waals surface area contributed by atoms with E-state index in [-0.39, 0.29) is 17.7 Å². The molecule has 1 unspecified atom stereocenters. The highest BCUT2D eigenvalue weighted by Gasteiger charge is 2.11. The van der Waals surface area contributed by atoms with Crippen LogP contribution in [0.25, 0.3) is 0 Å². The molecule has 0 aliphatic heterocycles. The van der Waals surface area contributed by atoms with E-state index in [0.29, 0.717) is 11.0 Å². The topological polar surface area (TPSA) is 38.0 Å². The van der Waals surface area contributed by atoms with E-state index in [1.165, 1.54) is 18.2 Å². The molecule has 1 atom stereocenters. The van der Waals surface area contributed by atoms with Gasteiger partial charge in [-0.2, -0.15) is 0 Å². The van der Waals surface area contributed by atoms with Gasteiger partial charge in [-0.3, -0.25) is 0 Å². The Hall–Kier alpha value is -1.46. The Morgan fingerprint density at radius 3 is 2.37 bits per heavy atom. The summed E-state index contributed by atoms with van der Waals surface area (Å²) in [6, 6.07) is 10.6. The molecule has 2 aromatic rings.